The van der Waals surface area contributed by atoms with E-state index in [9.17, 15) is 9.59 Å². The quantitative estimate of drug-likeness (QED) is 0.143. The third-order valence-electron chi connectivity index (χ3n) is 4.49. The molecule has 0 radical (unpaired) electrons. The summed E-state index contributed by atoms with van der Waals surface area (Å²) in [6, 6.07) is 7.00. The summed E-state index contributed by atoms with van der Waals surface area (Å²) in [6.07, 6.45) is 2.49. The van der Waals surface area contributed by atoms with Crippen molar-refractivity contribution < 1.29 is 14.3 Å². The maximum atomic E-state index is 12.3. The van der Waals surface area contributed by atoms with Gasteiger partial charge in [0.05, 0.1) is 11.1 Å². The van der Waals surface area contributed by atoms with Crippen LogP contribution in [-0.2, 0) is 4.74 Å². The van der Waals surface area contributed by atoms with Gasteiger partial charge >= 0.3 is 0 Å². The summed E-state index contributed by atoms with van der Waals surface area (Å²) in [5.41, 5.74) is 1.02. The van der Waals surface area contributed by atoms with Crippen LogP contribution in [0.3, 0.4) is 0 Å². The number of halogens is 1. The van der Waals surface area contributed by atoms with Gasteiger partial charge in [-0.1, -0.05) is 26.0 Å². The van der Waals surface area contributed by atoms with E-state index in [1.54, 1.807) is 24.3 Å². The van der Waals surface area contributed by atoms with Crippen LogP contribution in [0.2, 0.25) is 0 Å². The Morgan fingerprint density at radius 3 is 2.33 bits per heavy atom. The Labute approximate surface area is 197 Å². The van der Waals surface area contributed by atoms with Crippen molar-refractivity contribution in [2.45, 2.75) is 40.0 Å². The molecule has 0 fully saturated rings. The first kappa shape index (κ1) is 26.4. The Morgan fingerprint density at radius 1 is 1.07 bits per heavy atom. The number of guanidine groups is 1. The van der Waals surface area contributed by atoms with E-state index in [1.165, 1.54) is 4.90 Å². The molecule has 2 amide bonds. The number of amides is 2. The number of imide groups is 1. The molecule has 0 bridgehead atoms. The average Bonchev–Trinajstić information content (AvgIpc) is 2.95. The molecule has 7 nitrogen and oxygen atoms in total. The first-order valence-electron chi connectivity index (χ1n) is 10.6. The second-order valence-corrected chi connectivity index (χ2v) is 7.52. The molecule has 0 saturated heterocycles. The van der Waals surface area contributed by atoms with E-state index in [2.05, 4.69) is 29.5 Å². The molecular weight excluding hydrogens is 495 g/mol. The lowest BCUT2D eigenvalue weighted by molar-refractivity contribution is 0.0652. The smallest absolute Gasteiger partial charge is 0.261 e. The van der Waals surface area contributed by atoms with Crippen LogP contribution in [0.15, 0.2) is 29.3 Å². The minimum Gasteiger partial charge on any atom is -0.381 e. The molecule has 1 aromatic rings. The monoisotopic (exact) mass is 530 g/mol. The van der Waals surface area contributed by atoms with Crippen molar-refractivity contribution in [3.8, 4) is 0 Å². The highest BCUT2D eigenvalue weighted by atomic mass is 127. The Morgan fingerprint density at radius 2 is 1.73 bits per heavy atom. The van der Waals surface area contributed by atoms with Crippen LogP contribution in [0.25, 0.3) is 0 Å². The van der Waals surface area contributed by atoms with Gasteiger partial charge in [-0.2, -0.15) is 0 Å². The highest BCUT2D eigenvalue weighted by Gasteiger charge is 2.34. The van der Waals surface area contributed by atoms with Gasteiger partial charge in [-0.15, -0.1) is 24.0 Å². The molecular formula is C22H35IN4O3. The zero-order chi connectivity index (χ0) is 21.1. The first-order valence-corrected chi connectivity index (χ1v) is 10.6. The number of hydrogen-bond acceptors (Lipinski definition) is 4. The van der Waals surface area contributed by atoms with Crippen molar-refractivity contribution in [1.82, 2.24) is 15.5 Å². The predicted molar refractivity (Wildman–Crippen MR) is 131 cm³/mol. The number of ether oxygens (including phenoxy) is 1. The molecule has 2 N–H and O–H groups in total. The number of hydrogen-bond donors (Lipinski definition) is 2. The van der Waals surface area contributed by atoms with E-state index in [-0.39, 0.29) is 35.8 Å². The van der Waals surface area contributed by atoms with Crippen molar-refractivity contribution >= 4 is 41.8 Å². The van der Waals surface area contributed by atoms with Gasteiger partial charge < -0.3 is 15.4 Å². The standard InChI is InChI=1S/C22H34N4O3.HI/c1-4-23-22(25-13-9-15-29-16-17(2)3)24-12-7-8-14-26-20(27)18-10-5-6-11-19(18)21(26)28;/h5-6,10-11,17H,4,7-9,12-16H2,1-3H3,(H2,23,24,25);1H. The number of aliphatic imine (C=N–C) groups is 1. The molecule has 30 heavy (non-hydrogen) atoms. The summed E-state index contributed by atoms with van der Waals surface area (Å²) < 4.78 is 5.57. The van der Waals surface area contributed by atoms with Gasteiger partial charge in [0.25, 0.3) is 11.8 Å². The van der Waals surface area contributed by atoms with Gasteiger partial charge in [-0.05, 0) is 44.2 Å². The van der Waals surface area contributed by atoms with E-state index < -0.39 is 0 Å². The molecule has 168 valence electrons. The van der Waals surface area contributed by atoms with E-state index in [0.717, 1.165) is 51.5 Å². The van der Waals surface area contributed by atoms with Crippen molar-refractivity contribution in [2.24, 2.45) is 10.9 Å². The normalized spacial score (nSPS) is 13.5. The Balaban J connectivity index is 0.00000450. The van der Waals surface area contributed by atoms with Crippen LogP contribution in [0, 0.1) is 5.92 Å². The number of nitrogens with zero attached hydrogens (tertiary/aromatic N) is 2. The van der Waals surface area contributed by atoms with Gasteiger partial charge in [0.2, 0.25) is 0 Å². The Hall–Kier alpha value is -1.68. The summed E-state index contributed by atoms with van der Waals surface area (Å²) >= 11 is 0. The number of fused-ring (bicyclic) bond motifs is 1. The first-order chi connectivity index (χ1) is 14.0. The van der Waals surface area contributed by atoms with E-state index in [0.29, 0.717) is 30.1 Å². The van der Waals surface area contributed by atoms with Crippen molar-refractivity contribution in [3.05, 3.63) is 35.4 Å². The summed E-state index contributed by atoms with van der Waals surface area (Å²) in [5.74, 6) is 0.969. The number of unbranched alkanes of at least 4 members (excludes halogenated alkanes) is 1. The number of carbonyl (C=O) groups excluding carboxylic acids is 2. The fourth-order valence-electron chi connectivity index (χ4n) is 3.06. The van der Waals surface area contributed by atoms with Gasteiger partial charge in [0.1, 0.15) is 0 Å². The third-order valence-corrected chi connectivity index (χ3v) is 4.49. The molecule has 2 rings (SSSR count). The van der Waals surface area contributed by atoms with Gasteiger partial charge in [-0.3, -0.25) is 19.5 Å². The number of rotatable bonds is 12. The zero-order valence-electron chi connectivity index (χ0n) is 18.3. The summed E-state index contributed by atoms with van der Waals surface area (Å²) in [7, 11) is 0. The minimum absolute atomic E-state index is 0. The fourth-order valence-corrected chi connectivity index (χ4v) is 3.06. The lowest BCUT2D eigenvalue weighted by Gasteiger charge is -2.14. The second-order valence-electron chi connectivity index (χ2n) is 7.52. The van der Waals surface area contributed by atoms with E-state index >= 15 is 0 Å². The van der Waals surface area contributed by atoms with E-state index in [1.807, 2.05) is 6.92 Å². The van der Waals surface area contributed by atoms with E-state index in [4.69, 9.17) is 4.74 Å². The molecule has 1 heterocycles. The van der Waals surface area contributed by atoms with Crippen molar-refractivity contribution in [1.29, 1.82) is 0 Å². The van der Waals surface area contributed by atoms with Crippen LogP contribution in [-0.4, -0.2) is 62.1 Å². The van der Waals surface area contributed by atoms with Crippen LogP contribution in [0.5, 0.6) is 0 Å². The van der Waals surface area contributed by atoms with Crippen molar-refractivity contribution in [2.75, 3.05) is 39.4 Å². The molecule has 1 aliphatic heterocycles. The molecule has 0 saturated carbocycles. The molecule has 1 aliphatic rings. The molecule has 0 spiro atoms. The summed E-state index contributed by atoms with van der Waals surface area (Å²) in [5, 5.41) is 6.53. The van der Waals surface area contributed by atoms with Gasteiger partial charge in [-0.25, -0.2) is 0 Å². The Bertz CT molecular complexity index is 674. The van der Waals surface area contributed by atoms with Gasteiger partial charge in [0.15, 0.2) is 5.96 Å². The fraction of sp³-hybridized carbons (Fsp3) is 0.591. The number of nitrogens with one attached hydrogen (secondary N) is 2. The molecule has 0 aromatic heterocycles. The molecule has 8 heteroatoms. The highest BCUT2D eigenvalue weighted by Crippen LogP contribution is 2.22. The van der Waals surface area contributed by atoms with Crippen molar-refractivity contribution in [3.63, 3.8) is 0 Å². The maximum absolute atomic E-state index is 12.3. The maximum Gasteiger partial charge on any atom is 0.261 e. The minimum atomic E-state index is -0.187. The third kappa shape index (κ3) is 8.22. The Kier molecular flexibility index (Phi) is 12.6. The lowest BCUT2D eigenvalue weighted by Crippen LogP contribution is -2.38. The average molecular weight is 530 g/mol. The number of carbonyl (C=O) groups is 2. The zero-order valence-corrected chi connectivity index (χ0v) is 20.6. The van der Waals surface area contributed by atoms with Crippen LogP contribution >= 0.6 is 24.0 Å². The topological polar surface area (TPSA) is 83.0 Å². The van der Waals surface area contributed by atoms with Crippen LogP contribution in [0.1, 0.15) is 60.7 Å². The summed E-state index contributed by atoms with van der Waals surface area (Å²) in [6.45, 7) is 10.5. The SMILES string of the molecule is CCNC(=NCCCOCC(C)C)NCCCCN1C(=O)c2ccccc2C1=O.I. The molecule has 0 aliphatic carbocycles. The summed E-state index contributed by atoms with van der Waals surface area (Å²) in [4.78, 5) is 30.6. The van der Waals surface area contributed by atoms with Crippen LogP contribution < -0.4 is 10.6 Å². The lowest BCUT2D eigenvalue weighted by atomic mass is 10.1. The molecule has 0 atom stereocenters. The number of benzene rings is 1. The molecule has 0 unspecified atom stereocenters. The highest BCUT2D eigenvalue weighted by molar-refractivity contribution is 14.0. The van der Waals surface area contributed by atoms with Crippen LogP contribution in [0.4, 0.5) is 0 Å². The predicted octanol–water partition coefficient (Wildman–Crippen LogP) is 3.30. The largest absolute Gasteiger partial charge is 0.381 e. The second kappa shape index (κ2) is 14.3. The van der Waals surface area contributed by atoms with Gasteiger partial charge in [0, 0.05) is 39.4 Å². The molecule has 1 aromatic carbocycles.